The van der Waals surface area contributed by atoms with Gasteiger partial charge >= 0.3 is 0 Å². The molecular formula is C21H27N3O3S. The Hall–Kier alpha value is -2.15. The van der Waals surface area contributed by atoms with Gasteiger partial charge in [0, 0.05) is 36.2 Å². The molecule has 0 atom stereocenters. The Bertz CT molecular complexity index is 945. The van der Waals surface area contributed by atoms with Crippen LogP contribution in [0, 0.1) is 12.8 Å². The third kappa shape index (κ3) is 3.85. The minimum absolute atomic E-state index is 0.130. The van der Waals surface area contributed by atoms with Crippen LogP contribution in [0.5, 0.6) is 0 Å². The Balaban J connectivity index is 1.41. The van der Waals surface area contributed by atoms with Crippen molar-refractivity contribution in [2.24, 2.45) is 5.92 Å². The van der Waals surface area contributed by atoms with Crippen LogP contribution in [-0.4, -0.2) is 54.0 Å². The van der Waals surface area contributed by atoms with Crippen molar-refractivity contribution in [3.63, 3.8) is 0 Å². The van der Waals surface area contributed by atoms with Crippen molar-refractivity contribution in [3.05, 3.63) is 41.7 Å². The summed E-state index contributed by atoms with van der Waals surface area (Å²) in [5.41, 5.74) is 4.74. The summed E-state index contributed by atoms with van der Waals surface area (Å²) in [5.74, 6) is 0.654. The van der Waals surface area contributed by atoms with E-state index in [1.165, 1.54) is 11.1 Å². The van der Waals surface area contributed by atoms with E-state index in [1.54, 1.807) is 0 Å². The number of aromatic amines is 1. The van der Waals surface area contributed by atoms with Gasteiger partial charge in [0.25, 0.3) is 0 Å². The van der Waals surface area contributed by atoms with Crippen LogP contribution in [0.4, 0.5) is 0 Å². The van der Waals surface area contributed by atoms with Gasteiger partial charge in [-0.15, -0.1) is 0 Å². The number of aryl methyl sites for hydroxylation is 1. The predicted octanol–water partition coefficient (Wildman–Crippen LogP) is 2.92. The third-order valence-electron chi connectivity index (χ3n) is 6.22. The van der Waals surface area contributed by atoms with Gasteiger partial charge in [-0.1, -0.05) is 24.3 Å². The number of likely N-dealkylation sites (tertiary alicyclic amines) is 1. The number of hydrogen-bond acceptors (Lipinski definition) is 4. The highest BCUT2D eigenvalue weighted by molar-refractivity contribution is 7.91. The van der Waals surface area contributed by atoms with Gasteiger partial charge in [0.15, 0.2) is 0 Å². The van der Waals surface area contributed by atoms with Crippen molar-refractivity contribution in [3.8, 4) is 11.1 Å². The lowest BCUT2D eigenvalue weighted by Gasteiger charge is -2.35. The van der Waals surface area contributed by atoms with Crippen molar-refractivity contribution in [1.29, 1.82) is 0 Å². The second-order valence-corrected chi connectivity index (χ2v) is 10.3. The molecule has 0 bridgehead atoms. The Morgan fingerprint density at radius 1 is 1.07 bits per heavy atom. The van der Waals surface area contributed by atoms with Crippen molar-refractivity contribution in [2.45, 2.75) is 38.5 Å². The van der Waals surface area contributed by atoms with Crippen LogP contribution >= 0.6 is 0 Å². The van der Waals surface area contributed by atoms with Gasteiger partial charge in [-0.05, 0) is 43.7 Å². The molecule has 1 N–H and O–H groups in total. The second kappa shape index (κ2) is 7.70. The zero-order valence-corrected chi connectivity index (χ0v) is 17.0. The number of H-pyrrole nitrogens is 1. The van der Waals surface area contributed by atoms with Gasteiger partial charge in [-0.25, -0.2) is 8.42 Å². The van der Waals surface area contributed by atoms with E-state index in [0.717, 1.165) is 37.2 Å². The van der Waals surface area contributed by atoms with E-state index >= 15 is 0 Å². The van der Waals surface area contributed by atoms with Gasteiger partial charge in [0.05, 0.1) is 17.7 Å². The average molecular weight is 402 g/mol. The normalized spacial score (nSPS) is 21.0. The fourth-order valence-electron chi connectivity index (χ4n) is 4.48. The summed E-state index contributed by atoms with van der Waals surface area (Å²) in [4.78, 5) is 14.7. The molecule has 2 aromatic rings. The van der Waals surface area contributed by atoms with Crippen molar-refractivity contribution >= 4 is 15.7 Å². The summed E-state index contributed by atoms with van der Waals surface area (Å²) in [6, 6.07) is 8.32. The van der Waals surface area contributed by atoms with Crippen LogP contribution in [0.2, 0.25) is 0 Å². The maximum Gasteiger partial charge on any atom is 0.225 e. The Morgan fingerprint density at radius 2 is 1.75 bits per heavy atom. The van der Waals surface area contributed by atoms with Crippen molar-refractivity contribution in [1.82, 2.24) is 15.1 Å². The molecule has 1 aromatic carbocycles. The molecule has 1 amide bonds. The number of nitrogens with one attached hydrogen (secondary N) is 1. The number of carbonyl (C=O) groups excluding carboxylic acids is 1. The number of amides is 1. The van der Waals surface area contributed by atoms with Crippen LogP contribution in [-0.2, 0) is 14.6 Å². The number of benzene rings is 1. The van der Waals surface area contributed by atoms with E-state index in [1.807, 2.05) is 23.2 Å². The molecule has 7 heteroatoms. The molecule has 2 fully saturated rings. The summed E-state index contributed by atoms with van der Waals surface area (Å²) in [6.45, 7) is 3.55. The third-order valence-corrected chi connectivity index (χ3v) is 7.94. The highest BCUT2D eigenvalue weighted by Crippen LogP contribution is 2.35. The maximum atomic E-state index is 12.8. The molecule has 3 heterocycles. The first-order valence-corrected chi connectivity index (χ1v) is 11.9. The fourth-order valence-corrected chi connectivity index (χ4v) is 5.97. The largest absolute Gasteiger partial charge is 0.342 e. The number of piperidine rings is 1. The molecule has 2 saturated heterocycles. The van der Waals surface area contributed by atoms with Gasteiger partial charge in [0.2, 0.25) is 5.91 Å². The Labute approximate surface area is 166 Å². The molecular weight excluding hydrogens is 374 g/mol. The van der Waals surface area contributed by atoms with Gasteiger partial charge in [-0.3, -0.25) is 9.89 Å². The van der Waals surface area contributed by atoms with Gasteiger partial charge in [0.1, 0.15) is 9.84 Å². The number of rotatable bonds is 3. The summed E-state index contributed by atoms with van der Waals surface area (Å²) in [5, 5.41) is 7.49. The van der Waals surface area contributed by atoms with Crippen LogP contribution in [0.3, 0.4) is 0 Å². The zero-order valence-electron chi connectivity index (χ0n) is 16.2. The van der Waals surface area contributed by atoms with E-state index in [9.17, 15) is 13.2 Å². The van der Waals surface area contributed by atoms with Crippen LogP contribution in [0.1, 0.15) is 42.9 Å². The number of aromatic nitrogens is 2. The molecule has 4 rings (SSSR count). The molecule has 6 nitrogen and oxygen atoms in total. The summed E-state index contributed by atoms with van der Waals surface area (Å²) in [7, 11) is -2.93. The summed E-state index contributed by atoms with van der Waals surface area (Å²) < 4.78 is 23.2. The average Bonchev–Trinajstić information content (AvgIpc) is 3.17. The minimum atomic E-state index is -2.93. The zero-order chi connectivity index (χ0) is 19.7. The highest BCUT2D eigenvalue weighted by atomic mass is 32.2. The monoisotopic (exact) mass is 401 g/mol. The SMILES string of the molecule is Cc1ccccc1-c1cn[nH]c1C1CCN(C(=O)C2CCS(=O)(=O)CC2)CC1. The predicted molar refractivity (Wildman–Crippen MR) is 109 cm³/mol. The molecule has 0 unspecified atom stereocenters. The first kappa shape index (κ1) is 19.2. The number of hydrogen-bond donors (Lipinski definition) is 1. The fraction of sp³-hybridized carbons (Fsp3) is 0.524. The molecule has 0 saturated carbocycles. The van der Waals surface area contributed by atoms with E-state index in [-0.39, 0.29) is 23.3 Å². The molecule has 28 heavy (non-hydrogen) atoms. The standard InChI is InChI=1S/C21H27N3O3S/c1-15-4-2-3-5-18(15)19-14-22-23-20(19)16-6-10-24(11-7-16)21(25)17-8-12-28(26,27)13-9-17/h2-5,14,16-17H,6-13H2,1H3,(H,22,23). The van der Waals surface area contributed by atoms with Crippen LogP contribution < -0.4 is 0 Å². The Morgan fingerprint density at radius 3 is 2.43 bits per heavy atom. The topological polar surface area (TPSA) is 83.1 Å². The lowest BCUT2D eigenvalue weighted by molar-refractivity contribution is -0.136. The second-order valence-electron chi connectivity index (χ2n) is 8.04. The molecule has 150 valence electrons. The molecule has 0 spiro atoms. The van der Waals surface area contributed by atoms with Gasteiger partial charge in [-0.2, -0.15) is 5.10 Å². The number of sulfone groups is 1. The molecule has 2 aliphatic rings. The van der Waals surface area contributed by atoms with Crippen LogP contribution in [0.15, 0.2) is 30.5 Å². The van der Waals surface area contributed by atoms with Gasteiger partial charge < -0.3 is 4.90 Å². The smallest absolute Gasteiger partial charge is 0.225 e. The molecule has 2 aliphatic heterocycles. The molecule has 0 radical (unpaired) electrons. The lowest BCUT2D eigenvalue weighted by Crippen LogP contribution is -2.43. The number of nitrogens with zero attached hydrogens (tertiary/aromatic N) is 2. The van der Waals surface area contributed by atoms with Crippen molar-refractivity contribution in [2.75, 3.05) is 24.6 Å². The molecule has 1 aromatic heterocycles. The summed E-state index contributed by atoms with van der Waals surface area (Å²) in [6.07, 6.45) is 4.64. The first-order chi connectivity index (χ1) is 13.4. The minimum Gasteiger partial charge on any atom is -0.342 e. The van der Waals surface area contributed by atoms with Crippen LogP contribution in [0.25, 0.3) is 11.1 Å². The Kier molecular flexibility index (Phi) is 5.27. The number of carbonyl (C=O) groups is 1. The first-order valence-electron chi connectivity index (χ1n) is 10.0. The summed E-state index contributed by atoms with van der Waals surface area (Å²) >= 11 is 0. The molecule has 0 aliphatic carbocycles. The quantitative estimate of drug-likeness (QED) is 0.857. The highest BCUT2D eigenvalue weighted by Gasteiger charge is 2.33. The van der Waals surface area contributed by atoms with E-state index < -0.39 is 9.84 Å². The van der Waals surface area contributed by atoms with E-state index in [0.29, 0.717) is 18.8 Å². The maximum absolute atomic E-state index is 12.8. The van der Waals surface area contributed by atoms with Crippen molar-refractivity contribution < 1.29 is 13.2 Å². The van der Waals surface area contributed by atoms with E-state index in [2.05, 4.69) is 29.3 Å². The lowest BCUT2D eigenvalue weighted by atomic mass is 9.88. The van der Waals surface area contributed by atoms with E-state index in [4.69, 9.17) is 0 Å².